The molecule has 0 aliphatic rings. The van der Waals surface area contributed by atoms with Gasteiger partial charge in [-0.15, -0.1) is 0 Å². The molecular formula is C19H17NO5. The van der Waals surface area contributed by atoms with E-state index in [4.69, 9.17) is 9.47 Å². The minimum Gasteiger partial charge on any atom is -0.490 e. The van der Waals surface area contributed by atoms with Gasteiger partial charge in [0.1, 0.15) is 0 Å². The predicted octanol–water partition coefficient (Wildman–Crippen LogP) is 3.95. The molecule has 0 N–H and O–H groups in total. The molecule has 0 aliphatic heterocycles. The molecule has 0 aliphatic carbocycles. The van der Waals surface area contributed by atoms with E-state index in [0.717, 1.165) is 11.8 Å². The summed E-state index contributed by atoms with van der Waals surface area (Å²) in [5, 5.41) is 10.4. The average Bonchev–Trinajstić information content (AvgIpc) is 2.61. The molecular weight excluding hydrogens is 322 g/mol. The Morgan fingerprint density at radius 2 is 1.84 bits per heavy atom. The Hall–Kier alpha value is -3.41. The van der Waals surface area contributed by atoms with Crippen LogP contribution >= 0.6 is 0 Å². The lowest BCUT2D eigenvalue weighted by atomic mass is 10.2. The van der Waals surface area contributed by atoms with Crippen molar-refractivity contribution in [1.82, 2.24) is 0 Å². The minimum atomic E-state index is -0.553. The number of rotatable bonds is 7. The van der Waals surface area contributed by atoms with Crippen LogP contribution in [0.25, 0.3) is 12.2 Å². The molecule has 0 fully saturated rings. The van der Waals surface area contributed by atoms with E-state index in [9.17, 15) is 14.9 Å². The van der Waals surface area contributed by atoms with Crippen LogP contribution in [0.5, 0.6) is 11.5 Å². The molecule has 0 bridgehead atoms. The van der Waals surface area contributed by atoms with E-state index < -0.39 is 10.9 Å². The molecule has 0 saturated heterocycles. The second kappa shape index (κ2) is 9.02. The van der Waals surface area contributed by atoms with E-state index in [1.54, 1.807) is 31.2 Å². The molecule has 0 radical (unpaired) electrons. The third kappa shape index (κ3) is 5.95. The zero-order valence-electron chi connectivity index (χ0n) is 13.6. The van der Waals surface area contributed by atoms with Gasteiger partial charge in [0, 0.05) is 12.2 Å². The highest BCUT2D eigenvalue weighted by Gasteiger charge is 2.09. The fourth-order valence-corrected chi connectivity index (χ4v) is 2.00. The SMILES string of the molecule is CCOc1cc(/C=C\[N+](=O)[O-])ccc1OC(=O)/C=C/c1ccccc1. The normalized spacial score (nSPS) is 10.9. The fraction of sp³-hybridized carbons (Fsp3) is 0.105. The maximum atomic E-state index is 12.0. The largest absolute Gasteiger partial charge is 0.490 e. The summed E-state index contributed by atoms with van der Waals surface area (Å²) in [7, 11) is 0. The highest BCUT2D eigenvalue weighted by atomic mass is 16.6. The Labute approximate surface area is 145 Å². The molecule has 0 amide bonds. The van der Waals surface area contributed by atoms with E-state index in [-0.39, 0.29) is 5.75 Å². The molecule has 0 saturated carbocycles. The van der Waals surface area contributed by atoms with Crippen molar-refractivity contribution < 1.29 is 19.2 Å². The first-order chi connectivity index (χ1) is 12.1. The van der Waals surface area contributed by atoms with Gasteiger partial charge in [-0.3, -0.25) is 10.1 Å². The Morgan fingerprint density at radius 3 is 2.52 bits per heavy atom. The zero-order chi connectivity index (χ0) is 18.1. The fourth-order valence-electron chi connectivity index (χ4n) is 2.00. The van der Waals surface area contributed by atoms with Crippen LogP contribution in [0.4, 0.5) is 0 Å². The Kier molecular flexibility index (Phi) is 6.47. The molecule has 0 spiro atoms. The van der Waals surface area contributed by atoms with Gasteiger partial charge in [0.2, 0.25) is 6.20 Å². The second-order valence-electron chi connectivity index (χ2n) is 4.91. The van der Waals surface area contributed by atoms with Crippen LogP contribution in [-0.4, -0.2) is 17.5 Å². The van der Waals surface area contributed by atoms with Crippen LogP contribution in [-0.2, 0) is 4.79 Å². The van der Waals surface area contributed by atoms with Crippen LogP contribution in [0.3, 0.4) is 0 Å². The molecule has 25 heavy (non-hydrogen) atoms. The first kappa shape index (κ1) is 17.9. The first-order valence-corrected chi connectivity index (χ1v) is 7.62. The summed E-state index contributed by atoms with van der Waals surface area (Å²) in [5.41, 5.74) is 1.45. The van der Waals surface area contributed by atoms with Gasteiger partial charge < -0.3 is 9.47 Å². The average molecular weight is 339 g/mol. The summed E-state index contributed by atoms with van der Waals surface area (Å²) in [6.07, 6.45) is 5.14. The number of hydrogen-bond acceptors (Lipinski definition) is 5. The number of hydrogen-bond donors (Lipinski definition) is 0. The van der Waals surface area contributed by atoms with Crippen molar-refractivity contribution in [3.8, 4) is 11.5 Å². The van der Waals surface area contributed by atoms with E-state index in [2.05, 4.69) is 0 Å². The van der Waals surface area contributed by atoms with E-state index in [0.29, 0.717) is 17.9 Å². The first-order valence-electron chi connectivity index (χ1n) is 7.62. The molecule has 0 aromatic heterocycles. The third-order valence-corrected chi connectivity index (χ3v) is 3.08. The van der Waals surface area contributed by atoms with Crippen LogP contribution in [0.2, 0.25) is 0 Å². The highest BCUT2D eigenvalue weighted by Crippen LogP contribution is 2.29. The lowest BCUT2D eigenvalue weighted by Crippen LogP contribution is -2.06. The number of benzene rings is 2. The number of esters is 1. The molecule has 128 valence electrons. The smallest absolute Gasteiger partial charge is 0.336 e. The second-order valence-corrected chi connectivity index (χ2v) is 4.91. The molecule has 6 nitrogen and oxygen atoms in total. The number of carbonyl (C=O) groups excluding carboxylic acids is 1. The molecule has 6 heteroatoms. The quantitative estimate of drug-likeness (QED) is 0.251. The number of nitrogens with zero attached hydrogens (tertiary/aromatic N) is 1. The molecule has 2 aromatic rings. The zero-order valence-corrected chi connectivity index (χ0v) is 13.6. The van der Waals surface area contributed by atoms with Crippen LogP contribution in [0.15, 0.2) is 60.8 Å². The van der Waals surface area contributed by atoms with Crippen molar-refractivity contribution >= 4 is 18.1 Å². The minimum absolute atomic E-state index is 0.253. The Morgan fingerprint density at radius 1 is 1.08 bits per heavy atom. The predicted molar refractivity (Wildman–Crippen MR) is 94.8 cm³/mol. The lowest BCUT2D eigenvalue weighted by molar-refractivity contribution is -0.400. The van der Waals surface area contributed by atoms with E-state index >= 15 is 0 Å². The summed E-state index contributed by atoms with van der Waals surface area (Å²) in [6.45, 7) is 2.16. The van der Waals surface area contributed by atoms with Gasteiger partial charge in [0.25, 0.3) is 0 Å². The van der Waals surface area contributed by atoms with Crippen molar-refractivity contribution in [2.75, 3.05) is 6.61 Å². The summed E-state index contributed by atoms with van der Waals surface area (Å²) >= 11 is 0. The summed E-state index contributed by atoms with van der Waals surface area (Å²) in [5.74, 6) is 0.0515. The summed E-state index contributed by atoms with van der Waals surface area (Å²) < 4.78 is 10.7. The molecule has 0 unspecified atom stereocenters. The van der Waals surface area contributed by atoms with Gasteiger partial charge in [0.05, 0.1) is 11.5 Å². The van der Waals surface area contributed by atoms with Crippen molar-refractivity contribution in [3.63, 3.8) is 0 Å². The summed E-state index contributed by atoms with van der Waals surface area (Å²) in [6, 6.07) is 14.1. The molecule has 0 atom stereocenters. The molecule has 2 rings (SSSR count). The number of carbonyl (C=O) groups is 1. The van der Waals surface area contributed by atoms with E-state index in [1.165, 1.54) is 12.2 Å². The maximum absolute atomic E-state index is 12.0. The summed E-state index contributed by atoms with van der Waals surface area (Å²) in [4.78, 5) is 21.8. The van der Waals surface area contributed by atoms with Gasteiger partial charge in [-0.25, -0.2) is 4.79 Å². The molecule has 0 heterocycles. The number of ether oxygens (including phenoxy) is 2. The highest BCUT2D eigenvalue weighted by molar-refractivity contribution is 5.89. The van der Waals surface area contributed by atoms with Crippen LogP contribution in [0.1, 0.15) is 18.1 Å². The van der Waals surface area contributed by atoms with Crippen molar-refractivity contribution in [2.24, 2.45) is 0 Å². The number of nitro groups is 1. The van der Waals surface area contributed by atoms with Crippen molar-refractivity contribution in [1.29, 1.82) is 0 Å². The van der Waals surface area contributed by atoms with Gasteiger partial charge in [-0.1, -0.05) is 36.4 Å². The van der Waals surface area contributed by atoms with Crippen molar-refractivity contribution in [3.05, 3.63) is 82.0 Å². The standard InChI is InChI=1S/C19H17NO5/c1-2-24-18-14-16(12-13-20(22)23)8-10-17(18)25-19(21)11-9-15-6-4-3-5-7-15/h3-14H,2H2,1H3/b11-9+,13-12-. The van der Waals surface area contributed by atoms with Gasteiger partial charge in [-0.2, -0.15) is 0 Å². The van der Waals surface area contributed by atoms with Crippen molar-refractivity contribution in [2.45, 2.75) is 6.92 Å². The van der Waals surface area contributed by atoms with E-state index in [1.807, 2.05) is 30.3 Å². The third-order valence-electron chi connectivity index (χ3n) is 3.08. The van der Waals surface area contributed by atoms with Crippen LogP contribution in [0, 0.1) is 10.1 Å². The monoisotopic (exact) mass is 339 g/mol. The van der Waals surface area contributed by atoms with Gasteiger partial charge in [-0.05, 0) is 36.3 Å². The van der Waals surface area contributed by atoms with Gasteiger partial charge in [0.15, 0.2) is 11.5 Å². The van der Waals surface area contributed by atoms with Crippen LogP contribution < -0.4 is 9.47 Å². The molecule has 2 aromatic carbocycles. The maximum Gasteiger partial charge on any atom is 0.336 e. The topological polar surface area (TPSA) is 78.7 Å². The van der Waals surface area contributed by atoms with Gasteiger partial charge >= 0.3 is 5.97 Å². The Balaban J connectivity index is 2.13. The lowest BCUT2D eigenvalue weighted by Gasteiger charge is -2.10. The Bertz CT molecular complexity index is 797.